The summed E-state index contributed by atoms with van der Waals surface area (Å²) in [4.78, 5) is 0. The van der Waals surface area contributed by atoms with Gasteiger partial charge in [-0.05, 0) is 38.5 Å². The second-order valence-electron chi connectivity index (χ2n) is 3.44. The number of rotatable bonds is 5. The van der Waals surface area contributed by atoms with E-state index in [1.165, 1.54) is 5.56 Å². The molecule has 0 saturated heterocycles. The zero-order valence-corrected chi connectivity index (χ0v) is 9.12. The van der Waals surface area contributed by atoms with Gasteiger partial charge in [0.2, 0.25) is 0 Å². The highest BCUT2D eigenvalue weighted by Crippen LogP contribution is 2.13. The van der Waals surface area contributed by atoms with Gasteiger partial charge in [0.25, 0.3) is 0 Å². The van der Waals surface area contributed by atoms with E-state index in [0.717, 1.165) is 5.75 Å². The van der Waals surface area contributed by atoms with E-state index in [1.54, 1.807) is 0 Å². The molecule has 1 aromatic rings. The van der Waals surface area contributed by atoms with Gasteiger partial charge in [-0.25, -0.2) is 0 Å². The summed E-state index contributed by atoms with van der Waals surface area (Å²) in [6.07, 6.45) is 0.279. The van der Waals surface area contributed by atoms with Crippen molar-refractivity contribution >= 4 is 0 Å². The van der Waals surface area contributed by atoms with Gasteiger partial charge >= 0.3 is 0 Å². The fourth-order valence-corrected chi connectivity index (χ4v) is 1.11. The van der Waals surface area contributed by atoms with Gasteiger partial charge in [0.15, 0.2) is 0 Å². The Hall–Kier alpha value is -1.02. The fourth-order valence-electron chi connectivity index (χ4n) is 1.11. The normalized spacial score (nSPS) is 10.6. The summed E-state index contributed by atoms with van der Waals surface area (Å²) in [5.41, 5.74) is 1.18. The lowest BCUT2D eigenvalue weighted by Gasteiger charge is -2.08. The Bertz CT molecular complexity index is 252. The van der Waals surface area contributed by atoms with Crippen LogP contribution in [0, 0.1) is 0 Å². The molecular formula is C12H18O2. The first-order valence-electron chi connectivity index (χ1n) is 5.05. The lowest BCUT2D eigenvalue weighted by Crippen LogP contribution is -2.02. The highest BCUT2D eigenvalue weighted by Gasteiger charge is 1.97. The predicted octanol–water partition coefficient (Wildman–Crippen LogP) is 3.01. The minimum absolute atomic E-state index is 0.279. The van der Waals surface area contributed by atoms with Crippen LogP contribution in [-0.4, -0.2) is 12.7 Å². The highest BCUT2D eigenvalue weighted by atomic mass is 16.5. The average molecular weight is 194 g/mol. The average Bonchev–Trinajstić information content (AvgIpc) is 2.17. The smallest absolute Gasteiger partial charge is 0.119 e. The molecule has 0 aliphatic carbocycles. The molecule has 0 fully saturated rings. The van der Waals surface area contributed by atoms with Gasteiger partial charge in [0.1, 0.15) is 5.75 Å². The Morgan fingerprint density at radius 3 is 2.29 bits per heavy atom. The zero-order chi connectivity index (χ0) is 10.4. The summed E-state index contributed by atoms with van der Waals surface area (Å²) in [7, 11) is 0. The van der Waals surface area contributed by atoms with Gasteiger partial charge in [-0.2, -0.15) is 0 Å². The Kier molecular flexibility index (Phi) is 4.47. The zero-order valence-electron chi connectivity index (χ0n) is 9.12. The summed E-state index contributed by atoms with van der Waals surface area (Å²) >= 11 is 0. The Balaban J connectivity index is 2.46. The molecule has 0 unspecified atom stereocenters. The monoisotopic (exact) mass is 194 g/mol. The molecule has 0 aliphatic rings. The quantitative estimate of drug-likeness (QED) is 0.717. The van der Waals surface area contributed by atoms with Gasteiger partial charge in [-0.1, -0.05) is 12.1 Å². The molecule has 0 radical (unpaired) electrons. The molecule has 0 amide bonds. The molecule has 0 N–H and O–H groups in total. The third-order valence-electron chi connectivity index (χ3n) is 1.82. The van der Waals surface area contributed by atoms with Crippen molar-refractivity contribution in [2.24, 2.45) is 0 Å². The molecule has 14 heavy (non-hydrogen) atoms. The van der Waals surface area contributed by atoms with Crippen molar-refractivity contribution in [3.63, 3.8) is 0 Å². The summed E-state index contributed by atoms with van der Waals surface area (Å²) in [6.45, 7) is 7.44. The minimum atomic E-state index is 0.279. The van der Waals surface area contributed by atoms with Crippen LogP contribution in [0.1, 0.15) is 26.3 Å². The van der Waals surface area contributed by atoms with Crippen LogP contribution in [0.2, 0.25) is 0 Å². The summed E-state index contributed by atoms with van der Waals surface area (Å²) in [5, 5.41) is 0. The molecule has 0 spiro atoms. The van der Waals surface area contributed by atoms with Crippen molar-refractivity contribution in [2.75, 3.05) is 6.61 Å². The van der Waals surface area contributed by atoms with Crippen LogP contribution in [0.5, 0.6) is 5.75 Å². The van der Waals surface area contributed by atoms with Crippen molar-refractivity contribution < 1.29 is 9.47 Å². The maximum Gasteiger partial charge on any atom is 0.119 e. The molecule has 0 saturated carbocycles. The number of benzene rings is 1. The van der Waals surface area contributed by atoms with E-state index in [4.69, 9.17) is 9.47 Å². The maximum atomic E-state index is 5.49. The van der Waals surface area contributed by atoms with E-state index in [9.17, 15) is 0 Å². The number of hydrogen-bond acceptors (Lipinski definition) is 2. The van der Waals surface area contributed by atoms with E-state index in [-0.39, 0.29) is 6.10 Å². The first kappa shape index (κ1) is 11.1. The van der Waals surface area contributed by atoms with Crippen LogP contribution in [0.15, 0.2) is 24.3 Å². The van der Waals surface area contributed by atoms with Crippen molar-refractivity contribution in [1.29, 1.82) is 0 Å². The lowest BCUT2D eigenvalue weighted by molar-refractivity contribution is 0.0657. The van der Waals surface area contributed by atoms with Crippen molar-refractivity contribution in [2.45, 2.75) is 33.5 Å². The first-order valence-corrected chi connectivity index (χ1v) is 5.05. The third kappa shape index (κ3) is 3.79. The standard InChI is InChI=1S/C12H18O2/c1-4-13-12-7-5-11(6-8-12)9-14-10(2)3/h5-8,10H,4,9H2,1-3H3. The molecule has 0 aliphatic heterocycles. The topological polar surface area (TPSA) is 18.5 Å². The summed E-state index contributed by atoms with van der Waals surface area (Å²) in [6, 6.07) is 8.02. The molecule has 0 heterocycles. The van der Waals surface area contributed by atoms with Gasteiger partial charge in [0.05, 0.1) is 19.3 Å². The molecule has 2 nitrogen and oxygen atoms in total. The number of ether oxygens (including phenoxy) is 2. The Morgan fingerprint density at radius 2 is 1.79 bits per heavy atom. The predicted molar refractivity (Wildman–Crippen MR) is 57.5 cm³/mol. The van der Waals surface area contributed by atoms with Crippen LogP contribution in [0.25, 0.3) is 0 Å². The van der Waals surface area contributed by atoms with E-state index in [2.05, 4.69) is 0 Å². The van der Waals surface area contributed by atoms with Gasteiger partial charge in [0, 0.05) is 0 Å². The second-order valence-corrected chi connectivity index (χ2v) is 3.44. The largest absolute Gasteiger partial charge is 0.494 e. The third-order valence-corrected chi connectivity index (χ3v) is 1.82. The van der Waals surface area contributed by atoms with Crippen LogP contribution in [-0.2, 0) is 11.3 Å². The molecular weight excluding hydrogens is 176 g/mol. The molecule has 0 aromatic heterocycles. The highest BCUT2D eigenvalue weighted by molar-refractivity contribution is 5.26. The van der Waals surface area contributed by atoms with E-state index < -0.39 is 0 Å². The summed E-state index contributed by atoms with van der Waals surface area (Å²) < 4.78 is 10.8. The van der Waals surface area contributed by atoms with Crippen LogP contribution in [0.3, 0.4) is 0 Å². The minimum Gasteiger partial charge on any atom is -0.494 e. The second kappa shape index (κ2) is 5.66. The van der Waals surface area contributed by atoms with Gasteiger partial charge in [-0.15, -0.1) is 0 Å². The van der Waals surface area contributed by atoms with Gasteiger partial charge in [-0.3, -0.25) is 0 Å². The van der Waals surface area contributed by atoms with Crippen LogP contribution in [0.4, 0.5) is 0 Å². The number of hydrogen-bond donors (Lipinski definition) is 0. The van der Waals surface area contributed by atoms with Crippen molar-refractivity contribution in [1.82, 2.24) is 0 Å². The van der Waals surface area contributed by atoms with Gasteiger partial charge < -0.3 is 9.47 Å². The molecule has 1 aromatic carbocycles. The molecule has 2 heteroatoms. The Labute approximate surface area is 85.8 Å². The fraction of sp³-hybridized carbons (Fsp3) is 0.500. The van der Waals surface area contributed by atoms with Crippen LogP contribution < -0.4 is 4.74 Å². The molecule has 1 rings (SSSR count). The molecule has 78 valence electrons. The molecule has 0 bridgehead atoms. The van der Waals surface area contributed by atoms with Crippen molar-refractivity contribution in [3.05, 3.63) is 29.8 Å². The Morgan fingerprint density at radius 1 is 1.14 bits per heavy atom. The maximum absolute atomic E-state index is 5.49. The molecule has 0 atom stereocenters. The van der Waals surface area contributed by atoms with E-state index in [1.807, 2.05) is 45.0 Å². The summed E-state index contributed by atoms with van der Waals surface area (Å²) in [5.74, 6) is 0.917. The van der Waals surface area contributed by atoms with E-state index in [0.29, 0.717) is 13.2 Å². The van der Waals surface area contributed by atoms with Crippen LogP contribution >= 0.6 is 0 Å². The van der Waals surface area contributed by atoms with Crippen molar-refractivity contribution in [3.8, 4) is 5.75 Å². The van der Waals surface area contributed by atoms with E-state index >= 15 is 0 Å². The first-order chi connectivity index (χ1) is 6.72. The lowest BCUT2D eigenvalue weighted by atomic mass is 10.2. The SMILES string of the molecule is CCOc1ccc(COC(C)C)cc1.